The number of rotatable bonds is 4. The topological polar surface area (TPSA) is 54.4 Å². The zero-order valence-corrected chi connectivity index (χ0v) is 12.6. The van der Waals surface area contributed by atoms with E-state index in [9.17, 15) is 14.7 Å². The normalized spacial score (nSPS) is 16.7. The standard InChI is InChI=1S/C17H16O3S/c1-2-13-14(15(18)10-6-4-3-5-7-10)11-8-9-12(17(19)20)16(11)21-13/h3-7,12H,2,8-9H2,1H3,(H,19,20). The number of aliphatic carboxylic acids is 1. The van der Waals surface area contributed by atoms with Crippen LogP contribution in [0.2, 0.25) is 0 Å². The lowest BCUT2D eigenvalue weighted by atomic mass is 9.98. The lowest BCUT2D eigenvalue weighted by Gasteiger charge is -2.04. The first kappa shape index (κ1) is 14.0. The Morgan fingerprint density at radius 3 is 2.62 bits per heavy atom. The number of hydrogen-bond acceptors (Lipinski definition) is 3. The van der Waals surface area contributed by atoms with Gasteiger partial charge in [-0.2, -0.15) is 0 Å². The highest BCUT2D eigenvalue weighted by Gasteiger charge is 2.35. The second kappa shape index (κ2) is 5.45. The summed E-state index contributed by atoms with van der Waals surface area (Å²) < 4.78 is 0. The Hall–Kier alpha value is -1.94. The van der Waals surface area contributed by atoms with Gasteiger partial charge in [0.1, 0.15) is 0 Å². The van der Waals surface area contributed by atoms with Gasteiger partial charge < -0.3 is 5.11 Å². The third-order valence-electron chi connectivity index (χ3n) is 3.99. The molecular formula is C17H16O3S. The van der Waals surface area contributed by atoms with Gasteiger partial charge in [0, 0.05) is 20.9 Å². The molecule has 1 N–H and O–H groups in total. The largest absolute Gasteiger partial charge is 0.481 e. The Bertz CT molecular complexity index is 700. The summed E-state index contributed by atoms with van der Waals surface area (Å²) in [6.07, 6.45) is 2.06. The van der Waals surface area contributed by atoms with Crippen molar-refractivity contribution in [2.75, 3.05) is 0 Å². The zero-order valence-electron chi connectivity index (χ0n) is 11.8. The smallest absolute Gasteiger partial charge is 0.311 e. The van der Waals surface area contributed by atoms with Crippen molar-refractivity contribution in [3.8, 4) is 0 Å². The van der Waals surface area contributed by atoms with E-state index < -0.39 is 11.9 Å². The van der Waals surface area contributed by atoms with E-state index in [0.29, 0.717) is 18.4 Å². The highest BCUT2D eigenvalue weighted by Crippen LogP contribution is 2.43. The van der Waals surface area contributed by atoms with Crippen LogP contribution in [0.4, 0.5) is 0 Å². The van der Waals surface area contributed by atoms with Crippen LogP contribution in [0.3, 0.4) is 0 Å². The van der Waals surface area contributed by atoms with E-state index in [-0.39, 0.29) is 5.78 Å². The van der Waals surface area contributed by atoms with E-state index in [2.05, 4.69) is 0 Å². The van der Waals surface area contributed by atoms with Crippen molar-refractivity contribution in [2.24, 2.45) is 0 Å². The lowest BCUT2D eigenvalue weighted by Crippen LogP contribution is -2.06. The number of thiophene rings is 1. The molecule has 1 aromatic heterocycles. The summed E-state index contributed by atoms with van der Waals surface area (Å²) in [4.78, 5) is 26.0. The number of ketones is 1. The monoisotopic (exact) mass is 300 g/mol. The first-order valence-corrected chi connectivity index (χ1v) is 7.92. The molecule has 1 aliphatic carbocycles. The molecule has 0 aliphatic heterocycles. The Kier molecular flexibility index (Phi) is 3.64. The Labute approximate surface area is 127 Å². The van der Waals surface area contributed by atoms with Gasteiger partial charge in [-0.3, -0.25) is 9.59 Å². The summed E-state index contributed by atoms with van der Waals surface area (Å²) in [5.41, 5.74) is 2.40. The summed E-state index contributed by atoms with van der Waals surface area (Å²) >= 11 is 1.51. The van der Waals surface area contributed by atoms with Crippen molar-refractivity contribution in [2.45, 2.75) is 32.1 Å². The number of aryl methyl sites for hydroxylation is 1. The summed E-state index contributed by atoms with van der Waals surface area (Å²) in [7, 11) is 0. The van der Waals surface area contributed by atoms with Gasteiger partial charge in [0.2, 0.25) is 0 Å². The summed E-state index contributed by atoms with van der Waals surface area (Å²) in [5, 5.41) is 9.31. The molecule has 0 amide bonds. The predicted octanol–water partition coefficient (Wildman–Crippen LogP) is 3.66. The summed E-state index contributed by atoms with van der Waals surface area (Å²) in [5.74, 6) is -1.19. The van der Waals surface area contributed by atoms with E-state index in [4.69, 9.17) is 0 Å². The van der Waals surface area contributed by atoms with E-state index >= 15 is 0 Å². The van der Waals surface area contributed by atoms with Crippen LogP contribution in [0.1, 0.15) is 50.5 Å². The Morgan fingerprint density at radius 2 is 2.00 bits per heavy atom. The van der Waals surface area contributed by atoms with E-state index in [1.165, 1.54) is 11.3 Å². The first-order valence-electron chi connectivity index (χ1n) is 7.10. The minimum Gasteiger partial charge on any atom is -0.481 e. The Morgan fingerprint density at radius 1 is 1.29 bits per heavy atom. The van der Waals surface area contributed by atoms with Crippen LogP contribution >= 0.6 is 11.3 Å². The van der Waals surface area contributed by atoms with E-state index in [1.807, 2.05) is 37.3 Å². The highest BCUT2D eigenvalue weighted by molar-refractivity contribution is 7.12. The maximum atomic E-state index is 12.8. The first-order chi connectivity index (χ1) is 10.1. The predicted molar refractivity (Wildman–Crippen MR) is 82.3 cm³/mol. The maximum Gasteiger partial charge on any atom is 0.311 e. The highest BCUT2D eigenvalue weighted by atomic mass is 32.1. The molecule has 21 heavy (non-hydrogen) atoms. The lowest BCUT2D eigenvalue weighted by molar-refractivity contribution is -0.138. The molecule has 3 nitrogen and oxygen atoms in total. The average molecular weight is 300 g/mol. The van der Waals surface area contributed by atoms with Gasteiger partial charge in [-0.05, 0) is 24.8 Å². The van der Waals surface area contributed by atoms with Gasteiger partial charge in [0.25, 0.3) is 0 Å². The molecule has 2 aromatic rings. The zero-order chi connectivity index (χ0) is 15.0. The molecule has 0 bridgehead atoms. The molecule has 108 valence electrons. The molecule has 0 radical (unpaired) electrons. The van der Waals surface area contributed by atoms with Crippen LogP contribution in [0.5, 0.6) is 0 Å². The molecule has 1 aliphatic rings. The van der Waals surface area contributed by atoms with Crippen molar-refractivity contribution in [3.05, 3.63) is 56.8 Å². The van der Waals surface area contributed by atoms with E-state index in [1.54, 1.807) is 0 Å². The molecule has 4 heteroatoms. The third kappa shape index (κ3) is 2.29. The minimum absolute atomic E-state index is 0.0241. The van der Waals surface area contributed by atoms with Crippen molar-refractivity contribution in [3.63, 3.8) is 0 Å². The fraction of sp³-hybridized carbons (Fsp3) is 0.294. The summed E-state index contributed by atoms with van der Waals surface area (Å²) in [6.45, 7) is 2.01. The molecule has 1 heterocycles. The summed E-state index contributed by atoms with van der Waals surface area (Å²) in [6, 6.07) is 9.22. The third-order valence-corrected chi connectivity index (χ3v) is 5.48. The number of carbonyl (C=O) groups excluding carboxylic acids is 1. The molecule has 0 fully saturated rings. The van der Waals surface area contributed by atoms with Crippen LogP contribution in [-0.2, 0) is 17.6 Å². The number of hydrogen-bond donors (Lipinski definition) is 1. The minimum atomic E-state index is -0.781. The number of benzene rings is 1. The van der Waals surface area contributed by atoms with Crippen molar-refractivity contribution in [1.82, 2.24) is 0 Å². The van der Waals surface area contributed by atoms with E-state index in [0.717, 1.165) is 27.3 Å². The fourth-order valence-corrected chi connectivity index (χ4v) is 4.38. The molecule has 1 aromatic carbocycles. The van der Waals surface area contributed by atoms with Crippen LogP contribution in [-0.4, -0.2) is 16.9 Å². The number of carbonyl (C=O) groups is 2. The van der Waals surface area contributed by atoms with Crippen LogP contribution < -0.4 is 0 Å². The van der Waals surface area contributed by atoms with Gasteiger partial charge >= 0.3 is 5.97 Å². The number of carboxylic acid groups (broad SMARTS) is 1. The van der Waals surface area contributed by atoms with Crippen molar-refractivity contribution >= 4 is 23.1 Å². The molecule has 1 atom stereocenters. The van der Waals surface area contributed by atoms with Crippen LogP contribution in [0, 0.1) is 0 Å². The molecule has 0 saturated carbocycles. The van der Waals surface area contributed by atoms with Crippen molar-refractivity contribution < 1.29 is 14.7 Å². The maximum absolute atomic E-state index is 12.8. The molecular weight excluding hydrogens is 284 g/mol. The van der Waals surface area contributed by atoms with Gasteiger partial charge in [0.15, 0.2) is 5.78 Å². The van der Waals surface area contributed by atoms with Gasteiger partial charge in [0.05, 0.1) is 5.92 Å². The SMILES string of the molecule is CCc1sc2c(c1C(=O)c1ccccc1)CCC2C(=O)O. The molecule has 3 rings (SSSR count). The van der Waals surface area contributed by atoms with Gasteiger partial charge in [-0.1, -0.05) is 37.3 Å². The van der Waals surface area contributed by atoms with Crippen LogP contribution in [0.15, 0.2) is 30.3 Å². The van der Waals surface area contributed by atoms with Crippen molar-refractivity contribution in [1.29, 1.82) is 0 Å². The molecule has 1 unspecified atom stereocenters. The van der Waals surface area contributed by atoms with Gasteiger partial charge in [-0.15, -0.1) is 11.3 Å². The quantitative estimate of drug-likeness (QED) is 0.877. The number of carboxylic acids is 1. The molecule has 0 spiro atoms. The van der Waals surface area contributed by atoms with Gasteiger partial charge in [-0.25, -0.2) is 0 Å². The average Bonchev–Trinajstić information content (AvgIpc) is 3.05. The fourth-order valence-electron chi connectivity index (χ4n) is 2.97. The number of fused-ring (bicyclic) bond motifs is 1. The van der Waals surface area contributed by atoms with Crippen LogP contribution in [0.25, 0.3) is 0 Å². The Balaban J connectivity index is 2.09. The second-order valence-corrected chi connectivity index (χ2v) is 6.36. The second-order valence-electron chi connectivity index (χ2n) is 5.22. The molecule has 0 saturated heterocycles.